The Morgan fingerprint density at radius 1 is 1.23 bits per heavy atom. The zero-order chi connectivity index (χ0) is 22.0. The first-order valence-electron chi connectivity index (χ1n) is 10.0. The van der Waals surface area contributed by atoms with E-state index < -0.39 is 0 Å². The third kappa shape index (κ3) is 4.57. The number of aromatic nitrogens is 5. The molecule has 4 heterocycles. The molecule has 12 heteroatoms. The van der Waals surface area contributed by atoms with Gasteiger partial charge in [-0.3, -0.25) is 24.0 Å². The van der Waals surface area contributed by atoms with Gasteiger partial charge in [-0.15, -0.1) is 0 Å². The smallest absolute Gasteiger partial charge is 0.263 e. The lowest BCUT2D eigenvalue weighted by molar-refractivity contribution is -0.131. The van der Waals surface area contributed by atoms with E-state index in [0.717, 1.165) is 0 Å². The molecule has 0 aromatic carbocycles. The highest BCUT2D eigenvalue weighted by Gasteiger charge is 2.21. The van der Waals surface area contributed by atoms with Crippen LogP contribution in [-0.4, -0.2) is 74.3 Å². The number of anilines is 1. The molecular formula is C19H24N8O4. The van der Waals surface area contributed by atoms with Gasteiger partial charge in [-0.05, 0) is 6.92 Å². The van der Waals surface area contributed by atoms with Gasteiger partial charge in [0.15, 0.2) is 5.65 Å². The van der Waals surface area contributed by atoms with Gasteiger partial charge in [0.05, 0.1) is 18.3 Å². The highest BCUT2D eigenvalue weighted by atomic mass is 16.5. The number of rotatable bonds is 3. The van der Waals surface area contributed by atoms with Crippen molar-refractivity contribution >= 4 is 28.8 Å². The minimum absolute atomic E-state index is 0.0923. The van der Waals surface area contributed by atoms with Crippen molar-refractivity contribution in [2.24, 2.45) is 7.05 Å². The van der Waals surface area contributed by atoms with Crippen LogP contribution in [0.15, 0.2) is 21.6 Å². The summed E-state index contributed by atoms with van der Waals surface area (Å²) in [5, 5.41) is 11.2. The largest absolute Gasteiger partial charge is 0.361 e. The summed E-state index contributed by atoms with van der Waals surface area (Å²) in [6.07, 6.45) is 1.79. The van der Waals surface area contributed by atoms with E-state index in [9.17, 15) is 14.4 Å². The molecule has 0 atom stereocenters. The minimum Gasteiger partial charge on any atom is -0.361 e. The van der Waals surface area contributed by atoms with Crippen molar-refractivity contribution in [3.63, 3.8) is 0 Å². The molecule has 1 aliphatic rings. The first-order valence-corrected chi connectivity index (χ1v) is 10.0. The van der Waals surface area contributed by atoms with Crippen molar-refractivity contribution in [3.8, 4) is 0 Å². The lowest BCUT2D eigenvalue weighted by Crippen LogP contribution is -2.46. The van der Waals surface area contributed by atoms with Gasteiger partial charge < -0.3 is 19.6 Å². The van der Waals surface area contributed by atoms with E-state index in [2.05, 4.69) is 25.5 Å². The number of H-pyrrole nitrogens is 1. The second-order valence-electron chi connectivity index (χ2n) is 7.47. The van der Waals surface area contributed by atoms with Gasteiger partial charge in [0, 0.05) is 52.3 Å². The zero-order valence-electron chi connectivity index (χ0n) is 17.4. The lowest BCUT2D eigenvalue weighted by atomic mass is 10.2. The molecule has 3 aromatic rings. The Kier molecular flexibility index (Phi) is 5.69. The molecule has 0 radical (unpaired) electrons. The zero-order valence-corrected chi connectivity index (χ0v) is 17.4. The molecule has 31 heavy (non-hydrogen) atoms. The van der Waals surface area contributed by atoms with Crippen LogP contribution in [-0.2, 0) is 23.1 Å². The van der Waals surface area contributed by atoms with Crippen molar-refractivity contribution in [1.29, 1.82) is 0 Å². The summed E-state index contributed by atoms with van der Waals surface area (Å²) < 4.78 is 6.57. The number of amides is 2. The standard InChI is InChI=1S/C19H24N8O4/c1-12-9-13(24-31-12)10-16(29)26-5-3-15(28)20-4-6-27(8-7-26)19-22-17-14(18(30)23-19)11-21-25(17)2/h9,11H,3-8,10H2,1-2H3,(H,20,28)(H,22,23,30). The predicted octanol–water partition coefficient (Wildman–Crippen LogP) is -0.649. The fraction of sp³-hybridized carbons (Fsp3) is 0.474. The summed E-state index contributed by atoms with van der Waals surface area (Å²) in [6, 6.07) is 1.72. The molecule has 12 nitrogen and oxygen atoms in total. The lowest BCUT2D eigenvalue weighted by Gasteiger charge is -2.29. The molecule has 164 valence electrons. The molecule has 0 aliphatic carbocycles. The van der Waals surface area contributed by atoms with Crippen molar-refractivity contribution in [2.75, 3.05) is 37.6 Å². The average molecular weight is 428 g/mol. The first-order chi connectivity index (χ1) is 14.9. The summed E-state index contributed by atoms with van der Waals surface area (Å²) >= 11 is 0. The predicted molar refractivity (Wildman–Crippen MR) is 110 cm³/mol. The maximum Gasteiger partial charge on any atom is 0.263 e. The van der Waals surface area contributed by atoms with Crippen molar-refractivity contribution in [3.05, 3.63) is 34.1 Å². The second-order valence-corrected chi connectivity index (χ2v) is 7.47. The maximum atomic E-state index is 12.8. The molecule has 0 spiro atoms. The van der Waals surface area contributed by atoms with Crippen LogP contribution in [0.2, 0.25) is 0 Å². The molecular weight excluding hydrogens is 404 g/mol. The number of fused-ring (bicyclic) bond motifs is 1. The van der Waals surface area contributed by atoms with Gasteiger partial charge in [-0.2, -0.15) is 10.1 Å². The molecule has 3 aromatic heterocycles. The number of nitrogens with zero attached hydrogens (tertiary/aromatic N) is 6. The maximum absolute atomic E-state index is 12.8. The molecule has 4 rings (SSSR count). The molecule has 0 unspecified atom stereocenters. The van der Waals surface area contributed by atoms with Gasteiger partial charge in [0.25, 0.3) is 5.56 Å². The molecule has 1 fully saturated rings. The Morgan fingerprint density at radius 2 is 2.06 bits per heavy atom. The van der Waals surface area contributed by atoms with E-state index in [1.54, 1.807) is 24.9 Å². The van der Waals surface area contributed by atoms with Gasteiger partial charge in [0.2, 0.25) is 17.8 Å². The van der Waals surface area contributed by atoms with Gasteiger partial charge in [-0.1, -0.05) is 5.16 Å². The fourth-order valence-corrected chi connectivity index (χ4v) is 3.52. The van der Waals surface area contributed by atoms with Crippen LogP contribution < -0.4 is 15.8 Å². The Morgan fingerprint density at radius 3 is 2.84 bits per heavy atom. The number of carbonyl (C=O) groups is 2. The molecule has 0 bridgehead atoms. The van der Waals surface area contributed by atoms with Crippen LogP contribution in [0.3, 0.4) is 0 Å². The van der Waals surface area contributed by atoms with Gasteiger partial charge >= 0.3 is 0 Å². The van der Waals surface area contributed by atoms with Crippen LogP contribution >= 0.6 is 0 Å². The van der Waals surface area contributed by atoms with Crippen LogP contribution in [0.4, 0.5) is 5.95 Å². The topological polar surface area (TPSA) is 142 Å². The Bertz CT molecular complexity index is 1160. The molecule has 2 amide bonds. The quantitative estimate of drug-likeness (QED) is 0.560. The number of carbonyl (C=O) groups excluding carboxylic acids is 2. The SMILES string of the molecule is Cc1cc(CC(=O)N2CCC(=O)NCCN(c3nc4c(cnn4C)c(=O)[nH]3)CC2)no1. The second kappa shape index (κ2) is 8.58. The van der Waals surface area contributed by atoms with Crippen molar-refractivity contribution in [1.82, 2.24) is 35.1 Å². The normalized spacial score (nSPS) is 15.9. The van der Waals surface area contributed by atoms with Gasteiger partial charge in [0.1, 0.15) is 11.1 Å². The van der Waals surface area contributed by atoms with E-state index >= 15 is 0 Å². The number of aryl methyl sites for hydroxylation is 2. The highest BCUT2D eigenvalue weighted by Crippen LogP contribution is 2.12. The Balaban J connectivity index is 1.55. The van der Waals surface area contributed by atoms with E-state index in [1.165, 1.54) is 10.9 Å². The van der Waals surface area contributed by atoms with E-state index in [0.29, 0.717) is 61.2 Å². The Hall–Kier alpha value is -3.70. The third-order valence-electron chi connectivity index (χ3n) is 5.20. The monoisotopic (exact) mass is 428 g/mol. The Labute approximate surface area is 177 Å². The van der Waals surface area contributed by atoms with Crippen LogP contribution in [0.1, 0.15) is 17.9 Å². The molecule has 1 saturated heterocycles. The van der Waals surface area contributed by atoms with E-state index in [4.69, 9.17) is 4.52 Å². The number of nitrogens with one attached hydrogen (secondary N) is 2. The highest BCUT2D eigenvalue weighted by molar-refractivity contribution is 5.80. The molecule has 0 saturated carbocycles. The summed E-state index contributed by atoms with van der Waals surface area (Å²) in [6.45, 7) is 3.70. The third-order valence-corrected chi connectivity index (χ3v) is 5.20. The fourth-order valence-electron chi connectivity index (χ4n) is 3.52. The van der Waals surface area contributed by atoms with Crippen LogP contribution in [0.25, 0.3) is 11.0 Å². The van der Waals surface area contributed by atoms with E-state index in [-0.39, 0.29) is 30.2 Å². The molecule has 2 N–H and O–H groups in total. The number of hydrogen-bond acceptors (Lipinski definition) is 8. The first kappa shape index (κ1) is 20.6. The summed E-state index contributed by atoms with van der Waals surface area (Å²) in [4.78, 5) is 48.2. The summed E-state index contributed by atoms with van der Waals surface area (Å²) in [7, 11) is 1.72. The number of aromatic amines is 1. The van der Waals surface area contributed by atoms with Gasteiger partial charge in [-0.25, -0.2) is 0 Å². The minimum atomic E-state index is -0.288. The number of hydrogen-bond donors (Lipinski definition) is 2. The summed E-state index contributed by atoms with van der Waals surface area (Å²) in [5.41, 5.74) is 0.728. The van der Waals surface area contributed by atoms with Crippen molar-refractivity contribution < 1.29 is 14.1 Å². The summed E-state index contributed by atoms with van der Waals surface area (Å²) in [5.74, 6) is 0.718. The van der Waals surface area contributed by atoms with Crippen LogP contribution in [0, 0.1) is 6.92 Å². The molecule has 1 aliphatic heterocycles. The van der Waals surface area contributed by atoms with E-state index in [1.807, 2.05) is 4.90 Å². The van der Waals surface area contributed by atoms with Crippen LogP contribution in [0.5, 0.6) is 0 Å². The van der Waals surface area contributed by atoms with Crippen molar-refractivity contribution in [2.45, 2.75) is 19.8 Å². The average Bonchev–Trinajstić information content (AvgIpc) is 3.32.